The number of imidazole rings is 2. The lowest BCUT2D eigenvalue weighted by molar-refractivity contribution is -0.135. The smallest absolute Gasteiger partial charge is 0.407 e. The summed E-state index contributed by atoms with van der Waals surface area (Å²) < 4.78 is 4.72. The number of rotatable bonds is 8. The van der Waals surface area contributed by atoms with Crippen molar-refractivity contribution in [2.24, 2.45) is 5.92 Å². The molecule has 48 heavy (non-hydrogen) atoms. The SMILES string of the molecule is C=O.CNc1ccccn1.COC(=O)NC(C(=O)N1CCCC1c1ncc(-c2ccc(-c3ccc(-c4cnc[nH]4)cc3)cc2)[nH]1)C(C)C. The van der Waals surface area contributed by atoms with Crippen LogP contribution < -0.4 is 10.6 Å². The van der Waals surface area contributed by atoms with E-state index in [2.05, 4.69) is 84.1 Å². The van der Waals surface area contributed by atoms with Gasteiger partial charge in [0.2, 0.25) is 5.91 Å². The van der Waals surface area contributed by atoms with Crippen molar-refractivity contribution in [3.05, 3.63) is 97.5 Å². The first-order valence-electron chi connectivity index (χ1n) is 15.6. The molecular formula is C36H42N8O4. The summed E-state index contributed by atoms with van der Waals surface area (Å²) in [6.07, 6.45) is 8.15. The van der Waals surface area contributed by atoms with Crippen LogP contribution >= 0.6 is 0 Å². The number of anilines is 1. The molecule has 0 radical (unpaired) electrons. The highest BCUT2D eigenvalue weighted by atomic mass is 16.5. The molecule has 3 aromatic heterocycles. The molecule has 6 rings (SSSR count). The van der Waals surface area contributed by atoms with Crippen LogP contribution in [0.5, 0.6) is 0 Å². The van der Waals surface area contributed by atoms with E-state index in [1.807, 2.05) is 63.2 Å². The fourth-order valence-corrected chi connectivity index (χ4v) is 5.45. The third kappa shape index (κ3) is 8.72. The Morgan fingerprint density at radius 3 is 2.08 bits per heavy atom. The third-order valence-corrected chi connectivity index (χ3v) is 7.98. The van der Waals surface area contributed by atoms with Crippen LogP contribution in [0.2, 0.25) is 0 Å². The first kappa shape index (κ1) is 35.1. The second-order valence-electron chi connectivity index (χ2n) is 11.3. The molecule has 4 heterocycles. The van der Waals surface area contributed by atoms with E-state index in [9.17, 15) is 9.59 Å². The molecule has 2 atom stereocenters. The largest absolute Gasteiger partial charge is 0.453 e. The lowest BCUT2D eigenvalue weighted by atomic mass is 10.0. The minimum absolute atomic E-state index is 0.0739. The average Bonchev–Trinajstić information content (AvgIpc) is 3.95. The van der Waals surface area contributed by atoms with Crippen LogP contribution in [0.25, 0.3) is 33.6 Å². The number of alkyl carbamates (subject to hydrolysis) is 1. The number of pyridine rings is 1. The van der Waals surface area contributed by atoms with E-state index in [0.29, 0.717) is 6.54 Å². The van der Waals surface area contributed by atoms with Crippen LogP contribution in [0.15, 0.2) is 91.6 Å². The summed E-state index contributed by atoms with van der Waals surface area (Å²) in [7, 11) is 3.15. The van der Waals surface area contributed by atoms with E-state index in [4.69, 9.17) is 9.53 Å². The standard InChI is InChI=1S/C29H32N6O3.C6H8N2.CH2O/c1-18(2)26(34-29(37)38-3)28(36)35-14-4-5-25(35)27-31-16-24(33-27)22-12-8-20(9-13-22)19-6-10-21(11-7-19)23-15-30-17-32-23;1-7-6-4-2-3-5-8-6;1-2/h6-13,15-18,25-26H,4-5,14H2,1-3H3,(H,30,32)(H,31,33)(H,34,37);2-5H,1H3,(H,7,8);1H2. The molecule has 1 aliphatic rings. The molecule has 1 saturated heterocycles. The van der Waals surface area contributed by atoms with Crippen molar-refractivity contribution in [1.82, 2.24) is 35.1 Å². The van der Waals surface area contributed by atoms with Gasteiger partial charge in [0.05, 0.1) is 43.3 Å². The molecule has 12 heteroatoms. The summed E-state index contributed by atoms with van der Waals surface area (Å²) in [5.74, 6) is 1.47. The number of benzene rings is 2. The number of carbonyl (C=O) groups excluding carboxylic acids is 3. The van der Waals surface area contributed by atoms with Gasteiger partial charge in [-0.1, -0.05) is 68.4 Å². The van der Waals surface area contributed by atoms with Gasteiger partial charge >= 0.3 is 6.09 Å². The van der Waals surface area contributed by atoms with Gasteiger partial charge in [-0.2, -0.15) is 0 Å². The number of hydrogen-bond donors (Lipinski definition) is 4. The van der Waals surface area contributed by atoms with Crippen LogP contribution in [0.4, 0.5) is 10.6 Å². The van der Waals surface area contributed by atoms with Gasteiger partial charge in [-0.15, -0.1) is 0 Å². The van der Waals surface area contributed by atoms with E-state index in [-0.39, 0.29) is 17.9 Å². The Morgan fingerprint density at radius 2 is 1.56 bits per heavy atom. The number of H-pyrrole nitrogens is 2. The van der Waals surface area contributed by atoms with Crippen LogP contribution in [0, 0.1) is 5.92 Å². The van der Waals surface area contributed by atoms with Crippen molar-refractivity contribution in [2.75, 3.05) is 26.0 Å². The van der Waals surface area contributed by atoms with E-state index >= 15 is 0 Å². The first-order chi connectivity index (χ1) is 23.4. The molecule has 250 valence electrons. The van der Waals surface area contributed by atoms with E-state index < -0.39 is 12.1 Å². The van der Waals surface area contributed by atoms with Crippen LogP contribution in [-0.4, -0.2) is 75.4 Å². The number of ether oxygens (including phenoxy) is 1. The fourth-order valence-electron chi connectivity index (χ4n) is 5.45. The number of aromatic amines is 2. The first-order valence-corrected chi connectivity index (χ1v) is 15.6. The number of methoxy groups -OCH3 is 1. The maximum atomic E-state index is 13.4. The Kier molecular flexibility index (Phi) is 12.6. The number of amides is 2. The van der Waals surface area contributed by atoms with Gasteiger partial charge in [0.25, 0.3) is 0 Å². The number of nitrogens with one attached hydrogen (secondary N) is 4. The Labute approximate surface area is 280 Å². The molecule has 2 aromatic carbocycles. The van der Waals surface area contributed by atoms with Crippen LogP contribution in [-0.2, 0) is 14.3 Å². The maximum absolute atomic E-state index is 13.4. The molecule has 2 unspecified atom stereocenters. The molecule has 0 bridgehead atoms. The Balaban J connectivity index is 0.000000451. The van der Waals surface area contributed by atoms with Crippen molar-refractivity contribution in [1.29, 1.82) is 0 Å². The lowest BCUT2D eigenvalue weighted by Gasteiger charge is -2.30. The zero-order valence-electron chi connectivity index (χ0n) is 27.6. The van der Waals surface area contributed by atoms with Crippen molar-refractivity contribution in [3.63, 3.8) is 0 Å². The molecule has 5 aromatic rings. The van der Waals surface area contributed by atoms with Gasteiger partial charge in [0.1, 0.15) is 24.5 Å². The summed E-state index contributed by atoms with van der Waals surface area (Å²) in [4.78, 5) is 54.3. The highest BCUT2D eigenvalue weighted by Crippen LogP contribution is 2.33. The average molecular weight is 651 g/mol. The second kappa shape index (κ2) is 17.2. The minimum atomic E-state index is -0.654. The predicted octanol–water partition coefficient (Wildman–Crippen LogP) is 6.12. The van der Waals surface area contributed by atoms with Gasteiger partial charge in [0, 0.05) is 19.8 Å². The van der Waals surface area contributed by atoms with Gasteiger partial charge in [-0.3, -0.25) is 4.79 Å². The second-order valence-corrected chi connectivity index (χ2v) is 11.3. The van der Waals surface area contributed by atoms with Crippen molar-refractivity contribution < 1.29 is 19.1 Å². The monoisotopic (exact) mass is 650 g/mol. The maximum Gasteiger partial charge on any atom is 0.407 e. The number of carbonyl (C=O) groups is 3. The molecular weight excluding hydrogens is 608 g/mol. The number of nitrogens with zero attached hydrogens (tertiary/aromatic N) is 4. The topological polar surface area (TPSA) is 158 Å². The van der Waals surface area contributed by atoms with E-state index in [0.717, 1.165) is 58.1 Å². The van der Waals surface area contributed by atoms with E-state index in [1.54, 1.807) is 12.5 Å². The van der Waals surface area contributed by atoms with Gasteiger partial charge in [-0.05, 0) is 53.1 Å². The Bertz CT molecular complexity index is 1710. The highest BCUT2D eigenvalue weighted by Gasteiger charge is 2.37. The summed E-state index contributed by atoms with van der Waals surface area (Å²) in [5, 5.41) is 5.60. The predicted molar refractivity (Wildman–Crippen MR) is 186 cm³/mol. The quantitative estimate of drug-likeness (QED) is 0.157. The number of likely N-dealkylation sites (tertiary alicyclic amines) is 1. The highest BCUT2D eigenvalue weighted by molar-refractivity contribution is 5.86. The van der Waals surface area contributed by atoms with Gasteiger partial charge < -0.3 is 35.0 Å². The van der Waals surface area contributed by atoms with Crippen molar-refractivity contribution >= 4 is 24.6 Å². The Morgan fingerprint density at radius 1 is 0.917 bits per heavy atom. The molecule has 0 saturated carbocycles. The molecule has 1 aliphatic heterocycles. The number of aromatic nitrogens is 5. The van der Waals surface area contributed by atoms with Gasteiger partial charge in [0.15, 0.2) is 0 Å². The van der Waals surface area contributed by atoms with Crippen molar-refractivity contribution in [3.8, 4) is 33.6 Å². The van der Waals surface area contributed by atoms with Crippen LogP contribution in [0.3, 0.4) is 0 Å². The van der Waals surface area contributed by atoms with Crippen LogP contribution in [0.1, 0.15) is 38.6 Å². The summed E-state index contributed by atoms with van der Waals surface area (Å²) in [6, 6.07) is 21.6. The normalized spacial score (nSPS) is 14.2. The van der Waals surface area contributed by atoms with Gasteiger partial charge in [-0.25, -0.2) is 19.7 Å². The lowest BCUT2D eigenvalue weighted by Crippen LogP contribution is -2.51. The number of hydrogen-bond acceptors (Lipinski definition) is 8. The Hall–Kier alpha value is -5.78. The van der Waals surface area contributed by atoms with Crippen molar-refractivity contribution in [2.45, 2.75) is 38.8 Å². The molecule has 0 aliphatic carbocycles. The van der Waals surface area contributed by atoms with E-state index in [1.165, 1.54) is 7.11 Å². The fraction of sp³-hybridized carbons (Fsp3) is 0.278. The third-order valence-electron chi connectivity index (χ3n) is 7.98. The zero-order valence-corrected chi connectivity index (χ0v) is 27.6. The summed E-state index contributed by atoms with van der Waals surface area (Å²) in [6.45, 7) is 6.44. The molecule has 12 nitrogen and oxygen atoms in total. The minimum Gasteiger partial charge on any atom is -0.453 e. The molecule has 4 N–H and O–H groups in total. The summed E-state index contributed by atoms with van der Waals surface area (Å²) >= 11 is 0. The molecule has 0 spiro atoms. The molecule has 1 fully saturated rings. The molecule has 2 amide bonds. The summed E-state index contributed by atoms with van der Waals surface area (Å²) in [5.41, 5.74) is 6.25. The zero-order chi connectivity index (χ0) is 34.5.